The molecule has 1 aliphatic heterocycles. The van der Waals surface area contributed by atoms with Crippen LogP contribution in [0.4, 0.5) is 11.4 Å². The van der Waals surface area contributed by atoms with Gasteiger partial charge in [0.2, 0.25) is 0 Å². The Hall–Kier alpha value is -2.35. The highest BCUT2D eigenvalue weighted by Crippen LogP contribution is 2.39. The van der Waals surface area contributed by atoms with Gasteiger partial charge in [0.15, 0.2) is 0 Å². The number of anilines is 1. The highest BCUT2D eigenvalue weighted by molar-refractivity contribution is 5.90. The predicted molar refractivity (Wildman–Crippen MR) is 106 cm³/mol. The highest BCUT2D eigenvalue weighted by atomic mass is 15.2. The molecule has 0 spiro atoms. The lowest BCUT2D eigenvalue weighted by Gasteiger charge is -2.41. The maximum atomic E-state index is 4.64. The van der Waals surface area contributed by atoms with Crippen LogP contribution in [0.15, 0.2) is 47.5 Å². The summed E-state index contributed by atoms with van der Waals surface area (Å²) in [6, 6.07) is 12.8. The Morgan fingerprint density at radius 1 is 1.00 bits per heavy atom. The lowest BCUT2D eigenvalue weighted by molar-refractivity contribution is 0.597. The zero-order valence-electron chi connectivity index (χ0n) is 15.5. The fourth-order valence-electron chi connectivity index (χ4n) is 3.23. The van der Waals surface area contributed by atoms with Crippen LogP contribution in [0.5, 0.6) is 0 Å². The van der Waals surface area contributed by atoms with E-state index in [1.54, 1.807) is 0 Å². The number of aliphatic imine (C=N–C) groups is 1. The third kappa shape index (κ3) is 3.01. The first-order valence-corrected chi connectivity index (χ1v) is 8.47. The number of benzene rings is 2. The van der Waals surface area contributed by atoms with Crippen molar-refractivity contribution in [1.82, 2.24) is 0 Å². The molecule has 0 aromatic heterocycles. The summed E-state index contributed by atoms with van der Waals surface area (Å²) in [6.07, 6.45) is 4.32. The summed E-state index contributed by atoms with van der Waals surface area (Å²) >= 11 is 0. The Morgan fingerprint density at radius 3 is 2.33 bits per heavy atom. The van der Waals surface area contributed by atoms with Gasteiger partial charge < -0.3 is 4.90 Å². The average molecular weight is 318 g/mol. The fourth-order valence-corrected chi connectivity index (χ4v) is 3.23. The minimum Gasteiger partial charge on any atom is -0.365 e. The molecular formula is C22H26N2. The van der Waals surface area contributed by atoms with E-state index in [0.29, 0.717) is 0 Å². The van der Waals surface area contributed by atoms with Gasteiger partial charge in [0.05, 0.1) is 11.2 Å². The van der Waals surface area contributed by atoms with Gasteiger partial charge in [0, 0.05) is 24.5 Å². The van der Waals surface area contributed by atoms with Gasteiger partial charge in [-0.3, -0.25) is 4.99 Å². The average Bonchev–Trinajstić information content (AvgIpc) is 2.52. The first kappa shape index (κ1) is 16.5. The number of hydrogen-bond donors (Lipinski definition) is 0. The number of hydrogen-bond acceptors (Lipinski definition) is 2. The van der Waals surface area contributed by atoms with Gasteiger partial charge in [0.25, 0.3) is 0 Å². The summed E-state index contributed by atoms with van der Waals surface area (Å²) in [7, 11) is 2.17. The van der Waals surface area contributed by atoms with E-state index in [1.165, 1.54) is 33.5 Å². The molecule has 0 saturated heterocycles. The Kier molecular flexibility index (Phi) is 4.08. The molecule has 0 bridgehead atoms. The molecule has 124 valence electrons. The van der Waals surface area contributed by atoms with Crippen LogP contribution in [0.25, 0.3) is 5.57 Å². The standard InChI is InChI=1S/C22H26N2/c1-15-7-9-19(10-8-15)23-14-18-12-20-17(3)13-22(4,5)24(6)21(20)11-16(18)2/h7-14H,1-6H3. The summed E-state index contributed by atoms with van der Waals surface area (Å²) in [4.78, 5) is 6.99. The molecule has 2 aromatic rings. The maximum Gasteiger partial charge on any atom is 0.0630 e. The minimum absolute atomic E-state index is 0.0427. The second-order valence-corrected chi connectivity index (χ2v) is 7.36. The normalized spacial score (nSPS) is 16.2. The molecule has 0 amide bonds. The molecule has 0 atom stereocenters. The Bertz CT molecular complexity index is 824. The zero-order chi connectivity index (χ0) is 17.5. The molecular weight excluding hydrogens is 292 g/mol. The topological polar surface area (TPSA) is 15.6 Å². The maximum absolute atomic E-state index is 4.64. The number of allylic oxidation sites excluding steroid dienone is 1. The Labute approximate surface area is 145 Å². The highest BCUT2D eigenvalue weighted by Gasteiger charge is 2.28. The Morgan fingerprint density at radius 2 is 1.67 bits per heavy atom. The molecule has 2 aromatic carbocycles. The van der Waals surface area contributed by atoms with Gasteiger partial charge >= 0.3 is 0 Å². The molecule has 3 rings (SSSR count). The number of aryl methyl sites for hydroxylation is 2. The zero-order valence-corrected chi connectivity index (χ0v) is 15.5. The first-order chi connectivity index (χ1) is 11.3. The third-order valence-corrected chi connectivity index (χ3v) is 4.99. The fraction of sp³-hybridized carbons (Fsp3) is 0.318. The van der Waals surface area contributed by atoms with Gasteiger partial charge in [-0.1, -0.05) is 23.8 Å². The van der Waals surface area contributed by atoms with Crippen molar-refractivity contribution in [2.45, 2.75) is 40.2 Å². The van der Waals surface area contributed by atoms with E-state index in [2.05, 4.69) is 94.0 Å². The molecule has 1 heterocycles. The van der Waals surface area contributed by atoms with Crippen molar-refractivity contribution in [3.05, 3.63) is 64.7 Å². The van der Waals surface area contributed by atoms with Crippen LogP contribution in [0, 0.1) is 13.8 Å². The SMILES string of the molecule is CC1=CC(C)(C)N(C)c2cc(C)c(C=Nc3ccc(C)cc3)cc21. The minimum atomic E-state index is 0.0427. The molecule has 0 fully saturated rings. The van der Waals surface area contributed by atoms with Crippen molar-refractivity contribution in [3.63, 3.8) is 0 Å². The van der Waals surface area contributed by atoms with Gasteiger partial charge in [-0.25, -0.2) is 0 Å². The Balaban J connectivity index is 2.00. The van der Waals surface area contributed by atoms with Crippen LogP contribution in [-0.4, -0.2) is 18.8 Å². The number of likely N-dealkylation sites (N-methyl/N-ethyl adjacent to an activating group) is 1. The summed E-state index contributed by atoms with van der Waals surface area (Å²) < 4.78 is 0. The molecule has 1 aliphatic rings. The number of rotatable bonds is 2. The molecule has 2 heteroatoms. The van der Waals surface area contributed by atoms with Gasteiger partial charge in [-0.2, -0.15) is 0 Å². The van der Waals surface area contributed by atoms with Crippen LogP contribution < -0.4 is 4.90 Å². The second kappa shape index (κ2) is 5.94. The van der Waals surface area contributed by atoms with Gasteiger partial charge in [0.1, 0.15) is 0 Å². The largest absolute Gasteiger partial charge is 0.365 e. The van der Waals surface area contributed by atoms with E-state index in [0.717, 1.165) is 5.69 Å². The second-order valence-electron chi connectivity index (χ2n) is 7.36. The first-order valence-electron chi connectivity index (χ1n) is 8.47. The van der Waals surface area contributed by atoms with Gasteiger partial charge in [-0.15, -0.1) is 0 Å². The van der Waals surface area contributed by atoms with Crippen LogP contribution in [0.3, 0.4) is 0 Å². The van der Waals surface area contributed by atoms with Gasteiger partial charge in [-0.05, 0) is 75.6 Å². The number of fused-ring (bicyclic) bond motifs is 1. The molecule has 2 nitrogen and oxygen atoms in total. The van der Waals surface area contributed by atoms with Crippen LogP contribution in [-0.2, 0) is 0 Å². The predicted octanol–water partition coefficient (Wildman–Crippen LogP) is 5.69. The molecule has 0 aliphatic carbocycles. The lowest BCUT2D eigenvalue weighted by atomic mass is 9.87. The molecule has 0 saturated carbocycles. The monoisotopic (exact) mass is 318 g/mol. The van der Waals surface area contributed by atoms with E-state index >= 15 is 0 Å². The van der Waals surface area contributed by atoms with Crippen molar-refractivity contribution >= 4 is 23.2 Å². The third-order valence-electron chi connectivity index (χ3n) is 4.99. The van der Waals surface area contributed by atoms with E-state index in [9.17, 15) is 0 Å². The van der Waals surface area contributed by atoms with E-state index in [-0.39, 0.29) is 5.54 Å². The van der Waals surface area contributed by atoms with E-state index in [1.807, 2.05) is 6.21 Å². The lowest BCUT2D eigenvalue weighted by Crippen LogP contribution is -2.42. The smallest absolute Gasteiger partial charge is 0.0630 e. The van der Waals surface area contributed by atoms with E-state index in [4.69, 9.17) is 0 Å². The van der Waals surface area contributed by atoms with Crippen molar-refractivity contribution in [3.8, 4) is 0 Å². The summed E-state index contributed by atoms with van der Waals surface area (Å²) in [5.41, 5.74) is 8.64. The summed E-state index contributed by atoms with van der Waals surface area (Å²) in [6.45, 7) is 11.0. The molecule has 0 radical (unpaired) electrons. The quantitative estimate of drug-likeness (QED) is 0.650. The summed E-state index contributed by atoms with van der Waals surface area (Å²) in [5.74, 6) is 0. The van der Waals surface area contributed by atoms with Crippen molar-refractivity contribution in [1.29, 1.82) is 0 Å². The molecule has 0 N–H and O–H groups in total. The van der Waals surface area contributed by atoms with Crippen LogP contribution >= 0.6 is 0 Å². The summed E-state index contributed by atoms with van der Waals surface area (Å²) in [5, 5.41) is 0. The number of nitrogens with zero attached hydrogens (tertiary/aromatic N) is 2. The van der Waals surface area contributed by atoms with E-state index < -0.39 is 0 Å². The van der Waals surface area contributed by atoms with Crippen molar-refractivity contribution < 1.29 is 0 Å². The van der Waals surface area contributed by atoms with Crippen molar-refractivity contribution in [2.75, 3.05) is 11.9 Å². The van der Waals surface area contributed by atoms with Crippen LogP contribution in [0.1, 0.15) is 43.0 Å². The molecule has 0 unspecified atom stereocenters. The molecule has 24 heavy (non-hydrogen) atoms. The van der Waals surface area contributed by atoms with Crippen LogP contribution in [0.2, 0.25) is 0 Å². The van der Waals surface area contributed by atoms with Crippen molar-refractivity contribution in [2.24, 2.45) is 4.99 Å².